The highest BCUT2D eigenvalue weighted by atomic mass is 35.5. The Bertz CT molecular complexity index is 519. The molecule has 2 aromatic rings. The first-order valence-electron chi connectivity index (χ1n) is 4.58. The summed E-state index contributed by atoms with van der Waals surface area (Å²) in [5, 5.41) is 0.842. The van der Waals surface area contributed by atoms with E-state index in [9.17, 15) is 4.39 Å². The van der Waals surface area contributed by atoms with Gasteiger partial charge in [-0.25, -0.2) is 14.4 Å². The molecule has 2 nitrogen and oxygen atoms in total. The first-order valence-corrected chi connectivity index (χ1v) is 5.78. The number of benzene rings is 1. The summed E-state index contributed by atoms with van der Waals surface area (Å²) >= 11 is 6.94. The molecule has 0 amide bonds. The smallest absolute Gasteiger partial charge is 0.223 e. The fourth-order valence-corrected chi connectivity index (χ4v) is 2.19. The van der Waals surface area contributed by atoms with Gasteiger partial charge in [-0.2, -0.15) is 0 Å². The molecule has 5 heteroatoms. The van der Waals surface area contributed by atoms with Gasteiger partial charge in [0.2, 0.25) is 5.28 Å². The van der Waals surface area contributed by atoms with Crippen LogP contribution in [0.1, 0.15) is 5.56 Å². The zero-order valence-electron chi connectivity index (χ0n) is 8.45. The molecule has 0 spiro atoms. The van der Waals surface area contributed by atoms with Gasteiger partial charge < -0.3 is 0 Å². The van der Waals surface area contributed by atoms with Gasteiger partial charge in [-0.3, -0.25) is 0 Å². The van der Waals surface area contributed by atoms with Crippen molar-refractivity contribution in [2.75, 3.05) is 0 Å². The van der Waals surface area contributed by atoms with E-state index in [-0.39, 0.29) is 11.1 Å². The number of aryl methyl sites for hydroxylation is 1. The monoisotopic (exact) mass is 254 g/mol. The predicted molar refractivity (Wildman–Crippen MR) is 62.3 cm³/mol. The quantitative estimate of drug-likeness (QED) is 0.603. The van der Waals surface area contributed by atoms with Crippen molar-refractivity contribution in [3.8, 4) is 0 Å². The average molecular weight is 255 g/mol. The highest BCUT2D eigenvalue weighted by molar-refractivity contribution is 7.99. The SMILES string of the molecule is Cc1cnc(Cl)nc1Sc1ccccc1F. The van der Waals surface area contributed by atoms with Crippen LogP contribution in [0.3, 0.4) is 0 Å². The Hall–Kier alpha value is -1.13. The minimum absolute atomic E-state index is 0.171. The van der Waals surface area contributed by atoms with E-state index in [1.807, 2.05) is 6.92 Å². The molecule has 0 bridgehead atoms. The minimum Gasteiger partial charge on any atom is -0.226 e. The fourth-order valence-electron chi connectivity index (χ4n) is 1.14. The van der Waals surface area contributed by atoms with Crippen LogP contribution in [0.2, 0.25) is 5.28 Å². The van der Waals surface area contributed by atoms with E-state index in [0.29, 0.717) is 9.92 Å². The molecule has 0 radical (unpaired) electrons. The van der Waals surface area contributed by atoms with Crippen LogP contribution >= 0.6 is 23.4 Å². The van der Waals surface area contributed by atoms with Crippen molar-refractivity contribution in [2.45, 2.75) is 16.8 Å². The highest BCUT2D eigenvalue weighted by Gasteiger charge is 2.07. The summed E-state index contributed by atoms with van der Waals surface area (Å²) in [7, 11) is 0. The zero-order chi connectivity index (χ0) is 11.5. The van der Waals surface area contributed by atoms with Crippen molar-refractivity contribution < 1.29 is 4.39 Å². The Morgan fingerprint density at radius 1 is 1.31 bits per heavy atom. The number of nitrogens with zero attached hydrogens (tertiary/aromatic N) is 2. The van der Waals surface area contributed by atoms with Crippen LogP contribution in [0, 0.1) is 12.7 Å². The standard InChI is InChI=1S/C11H8ClFN2S/c1-7-6-14-11(12)15-10(7)16-9-5-3-2-4-8(9)13/h2-6H,1H3. The average Bonchev–Trinajstić information content (AvgIpc) is 2.27. The number of hydrogen-bond acceptors (Lipinski definition) is 3. The highest BCUT2D eigenvalue weighted by Crippen LogP contribution is 2.30. The van der Waals surface area contributed by atoms with Crippen molar-refractivity contribution in [3.63, 3.8) is 0 Å². The molecule has 2 rings (SSSR count). The van der Waals surface area contributed by atoms with Gasteiger partial charge in [0, 0.05) is 16.7 Å². The molecule has 0 aliphatic heterocycles. The first kappa shape index (κ1) is 11.4. The molecule has 0 atom stereocenters. The third-order valence-corrected chi connectivity index (χ3v) is 3.28. The molecular formula is C11H8ClFN2S. The molecule has 0 fully saturated rings. The van der Waals surface area contributed by atoms with Gasteiger partial charge in [0.1, 0.15) is 10.8 Å². The fraction of sp³-hybridized carbons (Fsp3) is 0.0909. The van der Waals surface area contributed by atoms with E-state index >= 15 is 0 Å². The second-order valence-corrected chi connectivity index (χ2v) is 4.53. The Morgan fingerprint density at radius 2 is 2.06 bits per heavy atom. The third-order valence-electron chi connectivity index (χ3n) is 1.94. The van der Waals surface area contributed by atoms with Crippen LogP contribution in [-0.2, 0) is 0 Å². The van der Waals surface area contributed by atoms with Crippen LogP contribution in [0.4, 0.5) is 4.39 Å². The van der Waals surface area contributed by atoms with Gasteiger partial charge in [0.15, 0.2) is 0 Å². The maximum atomic E-state index is 13.4. The molecule has 0 aliphatic rings. The molecule has 1 aromatic heterocycles. The van der Waals surface area contributed by atoms with E-state index < -0.39 is 0 Å². The maximum absolute atomic E-state index is 13.4. The molecule has 0 N–H and O–H groups in total. The molecule has 16 heavy (non-hydrogen) atoms. The topological polar surface area (TPSA) is 25.8 Å². The summed E-state index contributed by atoms with van der Waals surface area (Å²) in [6, 6.07) is 6.55. The lowest BCUT2D eigenvalue weighted by molar-refractivity contribution is 0.602. The second kappa shape index (κ2) is 4.80. The number of hydrogen-bond donors (Lipinski definition) is 0. The molecule has 1 aromatic carbocycles. The van der Waals surface area contributed by atoms with Crippen LogP contribution < -0.4 is 0 Å². The van der Waals surface area contributed by atoms with Gasteiger partial charge in [-0.15, -0.1) is 0 Å². The number of rotatable bonds is 2. The lowest BCUT2D eigenvalue weighted by Gasteiger charge is -2.04. The van der Waals surface area contributed by atoms with E-state index in [0.717, 1.165) is 5.56 Å². The molecule has 0 unspecified atom stereocenters. The summed E-state index contributed by atoms with van der Waals surface area (Å²) in [4.78, 5) is 8.44. The Balaban J connectivity index is 2.34. The Morgan fingerprint density at radius 3 is 2.81 bits per heavy atom. The van der Waals surface area contributed by atoms with Gasteiger partial charge in [-0.05, 0) is 30.7 Å². The van der Waals surface area contributed by atoms with Gasteiger partial charge in [-0.1, -0.05) is 23.9 Å². The Labute approximate surface area is 102 Å². The first-order chi connectivity index (χ1) is 7.66. The van der Waals surface area contributed by atoms with Crippen molar-refractivity contribution >= 4 is 23.4 Å². The van der Waals surface area contributed by atoms with E-state index in [2.05, 4.69) is 9.97 Å². The molecule has 1 heterocycles. The molecule has 82 valence electrons. The zero-order valence-corrected chi connectivity index (χ0v) is 10.0. The normalized spacial score (nSPS) is 10.4. The lowest BCUT2D eigenvalue weighted by atomic mass is 10.3. The third kappa shape index (κ3) is 2.51. The van der Waals surface area contributed by atoms with Crippen molar-refractivity contribution in [1.82, 2.24) is 9.97 Å². The van der Waals surface area contributed by atoms with Crippen molar-refractivity contribution in [3.05, 3.63) is 47.1 Å². The summed E-state index contributed by atoms with van der Waals surface area (Å²) < 4.78 is 13.4. The van der Waals surface area contributed by atoms with Crippen LogP contribution in [0.5, 0.6) is 0 Å². The van der Waals surface area contributed by atoms with Crippen molar-refractivity contribution in [2.24, 2.45) is 0 Å². The van der Waals surface area contributed by atoms with Crippen molar-refractivity contribution in [1.29, 1.82) is 0 Å². The molecular weight excluding hydrogens is 247 g/mol. The summed E-state index contributed by atoms with van der Waals surface area (Å²) in [5.74, 6) is -0.262. The molecule has 0 saturated carbocycles. The maximum Gasteiger partial charge on any atom is 0.223 e. The molecule has 0 aliphatic carbocycles. The van der Waals surface area contributed by atoms with Gasteiger partial charge >= 0.3 is 0 Å². The van der Waals surface area contributed by atoms with E-state index in [1.54, 1.807) is 24.4 Å². The van der Waals surface area contributed by atoms with E-state index in [4.69, 9.17) is 11.6 Å². The lowest BCUT2D eigenvalue weighted by Crippen LogP contribution is -1.90. The second-order valence-electron chi connectivity index (χ2n) is 3.16. The minimum atomic E-state index is -0.262. The number of aromatic nitrogens is 2. The number of halogens is 2. The summed E-state index contributed by atoms with van der Waals surface area (Å²) in [5.41, 5.74) is 0.873. The van der Waals surface area contributed by atoms with Crippen LogP contribution in [0.25, 0.3) is 0 Å². The van der Waals surface area contributed by atoms with E-state index in [1.165, 1.54) is 17.8 Å². The van der Waals surface area contributed by atoms with Crippen LogP contribution in [0.15, 0.2) is 40.4 Å². The predicted octanol–water partition coefficient (Wildman–Crippen LogP) is 3.73. The summed E-state index contributed by atoms with van der Waals surface area (Å²) in [6.45, 7) is 1.86. The van der Waals surface area contributed by atoms with Crippen LogP contribution in [-0.4, -0.2) is 9.97 Å². The molecule has 0 saturated heterocycles. The summed E-state index contributed by atoms with van der Waals surface area (Å²) in [6.07, 6.45) is 1.62. The largest absolute Gasteiger partial charge is 0.226 e. The van der Waals surface area contributed by atoms with Gasteiger partial charge in [0.05, 0.1) is 0 Å². The van der Waals surface area contributed by atoms with Gasteiger partial charge in [0.25, 0.3) is 0 Å². The Kier molecular flexibility index (Phi) is 3.41.